The molecule has 2 aromatic carbocycles. The molecule has 2 heterocycles. The van der Waals surface area contributed by atoms with Crippen molar-refractivity contribution in [3.05, 3.63) is 52.0 Å². The van der Waals surface area contributed by atoms with Crippen LogP contribution in [0.2, 0.25) is 10.0 Å². The van der Waals surface area contributed by atoms with E-state index in [0.29, 0.717) is 50.1 Å². The molecule has 0 aromatic heterocycles. The van der Waals surface area contributed by atoms with Gasteiger partial charge in [0.1, 0.15) is 0 Å². The van der Waals surface area contributed by atoms with Gasteiger partial charge >= 0.3 is 0 Å². The Bertz CT molecular complexity index is 1080. The Hall–Kier alpha value is -1.84. The first-order valence-corrected chi connectivity index (χ1v) is 12.3. The van der Waals surface area contributed by atoms with Crippen molar-refractivity contribution < 1.29 is 17.9 Å². The Balaban J connectivity index is 1.63. The third kappa shape index (κ3) is 4.83. The Morgan fingerprint density at radius 2 is 1.68 bits per heavy atom. The molecule has 0 atom stereocenters. The van der Waals surface area contributed by atoms with Gasteiger partial charge in [0.05, 0.1) is 40.1 Å². The zero-order chi connectivity index (χ0) is 22.0. The molecule has 2 aliphatic heterocycles. The van der Waals surface area contributed by atoms with Crippen molar-refractivity contribution in [1.29, 1.82) is 0 Å². The third-order valence-corrected chi connectivity index (χ3v) is 7.90. The minimum absolute atomic E-state index is 0.0587. The number of carbonyl (C=O) groups is 1. The van der Waals surface area contributed by atoms with E-state index < -0.39 is 15.9 Å². The first-order chi connectivity index (χ1) is 14.9. The predicted molar refractivity (Wildman–Crippen MR) is 122 cm³/mol. The molecular weight excluding hydrogens is 461 g/mol. The van der Waals surface area contributed by atoms with Gasteiger partial charge in [-0.15, -0.1) is 0 Å². The van der Waals surface area contributed by atoms with Crippen molar-refractivity contribution in [3.8, 4) is 0 Å². The van der Waals surface area contributed by atoms with Crippen LogP contribution in [0.1, 0.15) is 23.2 Å². The van der Waals surface area contributed by atoms with Crippen LogP contribution in [0, 0.1) is 0 Å². The molecule has 0 spiro atoms. The van der Waals surface area contributed by atoms with E-state index >= 15 is 0 Å². The van der Waals surface area contributed by atoms with Gasteiger partial charge in [0.2, 0.25) is 10.0 Å². The van der Waals surface area contributed by atoms with Crippen LogP contribution in [0.25, 0.3) is 0 Å². The van der Waals surface area contributed by atoms with E-state index in [2.05, 4.69) is 10.2 Å². The molecule has 31 heavy (non-hydrogen) atoms. The Morgan fingerprint density at radius 3 is 2.39 bits per heavy atom. The van der Waals surface area contributed by atoms with Crippen molar-refractivity contribution >= 4 is 50.5 Å². The average Bonchev–Trinajstić information content (AvgIpc) is 3.30. The van der Waals surface area contributed by atoms with Crippen LogP contribution >= 0.6 is 23.2 Å². The summed E-state index contributed by atoms with van der Waals surface area (Å²) < 4.78 is 32.6. The summed E-state index contributed by atoms with van der Waals surface area (Å²) in [5, 5.41) is 3.50. The number of morpholine rings is 1. The fourth-order valence-corrected chi connectivity index (χ4v) is 5.71. The number of rotatable bonds is 5. The highest BCUT2D eigenvalue weighted by Gasteiger charge is 2.28. The molecule has 4 rings (SSSR count). The van der Waals surface area contributed by atoms with Gasteiger partial charge in [0.15, 0.2) is 0 Å². The van der Waals surface area contributed by atoms with Crippen LogP contribution in [0.5, 0.6) is 0 Å². The van der Waals surface area contributed by atoms with Gasteiger partial charge in [-0.25, -0.2) is 8.42 Å². The maximum Gasteiger partial charge on any atom is 0.257 e. The van der Waals surface area contributed by atoms with E-state index in [-0.39, 0.29) is 15.5 Å². The summed E-state index contributed by atoms with van der Waals surface area (Å²) in [4.78, 5) is 15.3. The van der Waals surface area contributed by atoms with Gasteiger partial charge in [0.25, 0.3) is 5.91 Å². The number of hydrogen-bond donors (Lipinski definition) is 1. The number of nitrogens with one attached hydrogen (secondary N) is 1. The third-order valence-electron chi connectivity index (χ3n) is 5.44. The van der Waals surface area contributed by atoms with Crippen LogP contribution < -0.4 is 10.2 Å². The number of ether oxygens (including phenoxy) is 1. The van der Waals surface area contributed by atoms with Crippen molar-refractivity contribution in [2.24, 2.45) is 0 Å². The molecule has 0 radical (unpaired) electrons. The Morgan fingerprint density at radius 1 is 0.968 bits per heavy atom. The van der Waals surface area contributed by atoms with E-state index in [4.69, 9.17) is 27.9 Å². The zero-order valence-electron chi connectivity index (χ0n) is 16.8. The molecule has 0 bridgehead atoms. The number of halogens is 2. The number of amides is 1. The van der Waals surface area contributed by atoms with Gasteiger partial charge in [-0.2, -0.15) is 4.31 Å². The summed E-state index contributed by atoms with van der Waals surface area (Å²) in [6.07, 6.45) is 1.67. The minimum Gasteiger partial charge on any atom is -0.378 e. The summed E-state index contributed by atoms with van der Waals surface area (Å²) in [6.45, 7) is 3.54. The standard InChI is InChI=1S/C21H23Cl2N3O4S/c22-15-3-6-20(25-9-11-30-12-10-25)19(13-15)24-21(27)17-14-16(4-5-18(17)23)31(28,29)26-7-1-2-8-26/h3-6,13-14H,1-2,7-12H2,(H,24,27). The predicted octanol–water partition coefficient (Wildman–Crippen LogP) is 3.87. The molecule has 7 nitrogen and oxygen atoms in total. The normalized spacial score (nSPS) is 17.7. The van der Waals surface area contributed by atoms with Crippen molar-refractivity contribution in [1.82, 2.24) is 4.31 Å². The first kappa shape index (κ1) is 22.4. The molecule has 0 saturated carbocycles. The Labute approximate surface area is 191 Å². The van der Waals surface area contributed by atoms with Gasteiger partial charge in [-0.1, -0.05) is 23.2 Å². The quantitative estimate of drug-likeness (QED) is 0.698. The second-order valence-electron chi connectivity index (χ2n) is 7.47. The van der Waals surface area contributed by atoms with Gasteiger partial charge < -0.3 is 15.0 Å². The van der Waals surface area contributed by atoms with Crippen molar-refractivity contribution in [3.63, 3.8) is 0 Å². The number of anilines is 2. The maximum atomic E-state index is 13.1. The van der Waals surface area contributed by atoms with Crippen LogP contribution in [-0.4, -0.2) is 58.0 Å². The minimum atomic E-state index is -3.66. The molecule has 1 amide bonds. The highest BCUT2D eigenvalue weighted by Crippen LogP contribution is 2.31. The lowest BCUT2D eigenvalue weighted by Crippen LogP contribution is -2.36. The monoisotopic (exact) mass is 483 g/mol. The van der Waals surface area contributed by atoms with Crippen LogP contribution in [-0.2, 0) is 14.8 Å². The van der Waals surface area contributed by atoms with Crippen LogP contribution in [0.4, 0.5) is 11.4 Å². The number of sulfonamides is 1. The highest BCUT2D eigenvalue weighted by molar-refractivity contribution is 7.89. The highest BCUT2D eigenvalue weighted by atomic mass is 35.5. The number of benzene rings is 2. The van der Waals surface area contributed by atoms with Crippen LogP contribution in [0.3, 0.4) is 0 Å². The van der Waals surface area contributed by atoms with Gasteiger partial charge in [-0.05, 0) is 49.2 Å². The molecule has 10 heteroatoms. The average molecular weight is 484 g/mol. The summed E-state index contributed by atoms with van der Waals surface area (Å²) >= 11 is 12.4. The number of carbonyl (C=O) groups excluding carboxylic acids is 1. The number of hydrogen-bond acceptors (Lipinski definition) is 5. The molecule has 0 aliphatic carbocycles. The smallest absolute Gasteiger partial charge is 0.257 e. The largest absolute Gasteiger partial charge is 0.378 e. The second-order valence-corrected chi connectivity index (χ2v) is 10.2. The van der Waals surface area contributed by atoms with E-state index in [1.807, 2.05) is 6.07 Å². The maximum absolute atomic E-state index is 13.1. The van der Waals surface area contributed by atoms with E-state index in [1.165, 1.54) is 22.5 Å². The summed E-state index contributed by atoms with van der Waals surface area (Å²) in [7, 11) is -3.66. The molecular formula is C21H23Cl2N3O4S. The molecule has 2 fully saturated rings. The molecule has 2 aromatic rings. The lowest BCUT2D eigenvalue weighted by molar-refractivity contribution is 0.102. The first-order valence-electron chi connectivity index (χ1n) is 10.1. The molecule has 0 unspecified atom stereocenters. The number of nitrogens with zero attached hydrogens (tertiary/aromatic N) is 2. The van der Waals surface area contributed by atoms with Crippen LogP contribution in [0.15, 0.2) is 41.3 Å². The second kappa shape index (κ2) is 9.34. The lowest BCUT2D eigenvalue weighted by atomic mass is 10.2. The molecule has 1 N–H and O–H groups in total. The molecule has 2 saturated heterocycles. The molecule has 2 aliphatic rings. The SMILES string of the molecule is O=C(Nc1cc(Cl)ccc1N1CCOCC1)c1cc(S(=O)(=O)N2CCCC2)ccc1Cl. The zero-order valence-corrected chi connectivity index (χ0v) is 19.1. The topological polar surface area (TPSA) is 79.0 Å². The van der Waals surface area contributed by atoms with E-state index in [9.17, 15) is 13.2 Å². The van der Waals surface area contributed by atoms with Crippen molar-refractivity contribution in [2.75, 3.05) is 49.6 Å². The Kier molecular flexibility index (Phi) is 6.74. The fourth-order valence-electron chi connectivity index (χ4n) is 3.79. The fraction of sp³-hybridized carbons (Fsp3) is 0.381. The summed E-state index contributed by atoms with van der Waals surface area (Å²) in [5.74, 6) is -0.500. The van der Waals surface area contributed by atoms with Crippen molar-refractivity contribution in [2.45, 2.75) is 17.7 Å². The summed E-state index contributed by atoms with van der Waals surface area (Å²) in [5.41, 5.74) is 1.44. The van der Waals surface area contributed by atoms with Gasteiger partial charge in [-0.3, -0.25) is 4.79 Å². The lowest BCUT2D eigenvalue weighted by Gasteiger charge is -2.30. The summed E-state index contributed by atoms with van der Waals surface area (Å²) in [6, 6.07) is 9.50. The van der Waals surface area contributed by atoms with E-state index in [0.717, 1.165) is 18.5 Å². The van der Waals surface area contributed by atoms with E-state index in [1.54, 1.807) is 12.1 Å². The molecule has 166 valence electrons. The van der Waals surface area contributed by atoms with Gasteiger partial charge in [0, 0.05) is 31.2 Å².